The van der Waals surface area contributed by atoms with E-state index in [9.17, 15) is 24.8 Å². The molecule has 5 aromatic rings. The summed E-state index contributed by atoms with van der Waals surface area (Å²) in [6, 6.07) is 42.1. The number of phenols is 1. The first-order valence-electron chi connectivity index (χ1n) is 22.5. The molecule has 0 aliphatic carbocycles. The van der Waals surface area contributed by atoms with Crippen molar-refractivity contribution in [3.8, 4) is 23.3 Å². The van der Waals surface area contributed by atoms with E-state index in [2.05, 4.69) is 33.8 Å². The Morgan fingerprint density at radius 2 is 1.11 bits per heavy atom. The third-order valence-electron chi connectivity index (χ3n) is 10.7. The van der Waals surface area contributed by atoms with Crippen molar-refractivity contribution < 1.29 is 38.4 Å². The number of unbranched alkanes of at least 4 members (excludes halogenated alkanes) is 2. The molecular weight excluding hydrogens is 815 g/mol. The van der Waals surface area contributed by atoms with Crippen molar-refractivity contribution in [1.82, 2.24) is 0 Å². The van der Waals surface area contributed by atoms with Gasteiger partial charge in [0.25, 0.3) is 0 Å². The molecule has 2 atom stereocenters. The highest BCUT2D eigenvalue weighted by molar-refractivity contribution is 6.10. The normalized spacial score (nSPS) is 11.3. The summed E-state index contributed by atoms with van der Waals surface area (Å²) >= 11 is 0. The summed E-state index contributed by atoms with van der Waals surface area (Å²) in [5.74, 6) is 1.04. The average molecular weight is 880 g/mol. The lowest BCUT2D eigenvalue weighted by atomic mass is 9.93. The number of nitrogens with zero attached hydrogens (tertiary/aromatic N) is 1. The summed E-state index contributed by atoms with van der Waals surface area (Å²) in [6.45, 7) is 9.45. The van der Waals surface area contributed by atoms with Crippen LogP contribution in [0.3, 0.4) is 0 Å². The van der Waals surface area contributed by atoms with Crippen molar-refractivity contribution in [3.63, 3.8) is 0 Å². The summed E-state index contributed by atoms with van der Waals surface area (Å²) in [5, 5.41) is 19.5. The van der Waals surface area contributed by atoms with Crippen LogP contribution in [-0.4, -0.2) is 50.3 Å². The Balaban J connectivity index is 0.000000266. The molecule has 342 valence electrons. The molecule has 1 N–H and O–H groups in total. The van der Waals surface area contributed by atoms with Crippen LogP contribution in [0.5, 0.6) is 17.2 Å². The van der Waals surface area contributed by atoms with E-state index in [0.717, 1.165) is 61.0 Å². The van der Waals surface area contributed by atoms with Crippen LogP contribution in [0.1, 0.15) is 112 Å². The molecule has 65 heavy (non-hydrogen) atoms. The van der Waals surface area contributed by atoms with Gasteiger partial charge < -0.3 is 24.1 Å². The van der Waals surface area contributed by atoms with Gasteiger partial charge in [0.1, 0.15) is 28.9 Å². The van der Waals surface area contributed by atoms with Crippen LogP contribution in [0.4, 0.5) is 0 Å². The molecule has 0 heterocycles. The Kier molecular flexibility index (Phi) is 24.4. The predicted octanol–water partition coefficient (Wildman–Crippen LogP) is 12.9. The van der Waals surface area contributed by atoms with Gasteiger partial charge in [0, 0.05) is 23.3 Å². The molecule has 0 aromatic heterocycles. The van der Waals surface area contributed by atoms with Gasteiger partial charge in [0.05, 0.1) is 33.0 Å². The Labute approximate surface area is 386 Å². The fraction of sp³-hybridized carbons (Fsp3) is 0.321. The van der Waals surface area contributed by atoms with Crippen LogP contribution in [0.2, 0.25) is 0 Å². The zero-order valence-corrected chi connectivity index (χ0v) is 38.8. The topological polar surface area (TPSA) is 132 Å². The molecule has 0 saturated carbocycles. The molecule has 0 amide bonds. The van der Waals surface area contributed by atoms with Crippen molar-refractivity contribution in [2.75, 3.05) is 27.4 Å². The van der Waals surface area contributed by atoms with E-state index in [1.54, 1.807) is 49.6 Å². The number of ketones is 1. The lowest BCUT2D eigenvalue weighted by Crippen LogP contribution is -2.16. The minimum atomic E-state index is -0.546. The number of carbonyl (C=O) groups is 3. The fourth-order valence-corrected chi connectivity index (χ4v) is 6.63. The number of hydrogen-bond donors (Lipinski definition) is 1. The zero-order chi connectivity index (χ0) is 47.2. The first-order valence-corrected chi connectivity index (χ1v) is 22.5. The number of nitriles is 1. The van der Waals surface area contributed by atoms with Gasteiger partial charge in [-0.1, -0.05) is 169 Å². The molecule has 9 nitrogen and oxygen atoms in total. The molecule has 0 fully saturated rings. The SMILES string of the molecule is CCCCC(CC)COC(=O)/C=C/c1ccc(OC)cc1.CCCCC(CC)COC(=O)C(C#N)=C(c1ccccc1)c1ccccc1.COc1ccc(C(=O)c2ccccc2)c(O)c1. The van der Waals surface area contributed by atoms with Crippen molar-refractivity contribution in [3.05, 3.63) is 173 Å². The van der Waals surface area contributed by atoms with Crippen LogP contribution in [0, 0.1) is 23.2 Å². The van der Waals surface area contributed by atoms with E-state index in [4.69, 9.17) is 18.9 Å². The fourth-order valence-electron chi connectivity index (χ4n) is 6.63. The van der Waals surface area contributed by atoms with Gasteiger partial charge in [-0.25, -0.2) is 9.59 Å². The lowest BCUT2D eigenvalue weighted by Gasteiger charge is -2.16. The van der Waals surface area contributed by atoms with E-state index < -0.39 is 5.97 Å². The molecule has 2 unspecified atom stereocenters. The maximum absolute atomic E-state index is 12.8. The largest absolute Gasteiger partial charge is 0.507 e. The van der Waals surface area contributed by atoms with Crippen LogP contribution in [-0.2, 0) is 19.1 Å². The van der Waals surface area contributed by atoms with Crippen LogP contribution >= 0.6 is 0 Å². The Morgan fingerprint density at radius 3 is 1.55 bits per heavy atom. The maximum Gasteiger partial charge on any atom is 0.349 e. The summed E-state index contributed by atoms with van der Waals surface area (Å²) in [6.07, 6.45) is 12.0. The first-order chi connectivity index (χ1) is 31.6. The van der Waals surface area contributed by atoms with Crippen LogP contribution < -0.4 is 9.47 Å². The molecule has 0 radical (unpaired) electrons. The van der Waals surface area contributed by atoms with Crippen LogP contribution in [0.25, 0.3) is 11.6 Å². The molecule has 0 bridgehead atoms. The quantitative estimate of drug-likeness (QED) is 0.0331. The molecular formula is C56H65NO8. The maximum atomic E-state index is 12.8. The Hall–Kier alpha value is -6.92. The highest BCUT2D eigenvalue weighted by Gasteiger charge is 2.21. The number of benzene rings is 5. The summed E-state index contributed by atoms with van der Waals surface area (Å²) in [4.78, 5) is 36.5. The Bertz CT molecular complexity index is 2220. The minimum Gasteiger partial charge on any atom is -0.507 e. The monoisotopic (exact) mass is 879 g/mol. The third-order valence-corrected chi connectivity index (χ3v) is 10.7. The number of methoxy groups -OCH3 is 2. The van der Waals surface area contributed by atoms with Crippen molar-refractivity contribution >= 4 is 29.4 Å². The van der Waals surface area contributed by atoms with E-state index in [1.807, 2.05) is 91.0 Å². The number of carbonyl (C=O) groups excluding carboxylic acids is 3. The van der Waals surface area contributed by atoms with Gasteiger partial charge in [0.15, 0.2) is 5.78 Å². The third kappa shape index (κ3) is 18.4. The van der Waals surface area contributed by atoms with Gasteiger partial charge in [0.2, 0.25) is 0 Å². The zero-order valence-electron chi connectivity index (χ0n) is 38.8. The van der Waals surface area contributed by atoms with E-state index in [-0.39, 0.29) is 28.6 Å². The van der Waals surface area contributed by atoms with Gasteiger partial charge >= 0.3 is 11.9 Å². The second kappa shape index (κ2) is 30.2. The van der Waals surface area contributed by atoms with E-state index in [0.29, 0.717) is 41.9 Å². The number of phenolic OH excluding ortho intramolecular Hbond substituents is 1. The highest BCUT2D eigenvalue weighted by atomic mass is 16.5. The second-order valence-electron chi connectivity index (χ2n) is 15.3. The number of esters is 2. The first kappa shape index (κ1) is 52.4. The summed E-state index contributed by atoms with van der Waals surface area (Å²) < 4.78 is 20.9. The standard InChI is InChI=1S/C24H27NO2.C18H26O3.C14H12O3/c1-3-5-12-19(4-2)18-27-24(26)22(17-25)23(20-13-8-6-9-14-20)21-15-10-7-11-16-21;1-4-6-7-15(5-2)14-21-18(19)13-10-16-8-11-17(20-3)12-9-16;1-17-11-7-8-12(13(15)9-11)14(16)10-5-3-2-4-6-10/h6-11,13-16,19H,3-5,12,18H2,1-2H3;8-13,15H,4-7,14H2,1-3H3;2-9,15H,1H3/b;13-10+;. The van der Waals surface area contributed by atoms with Gasteiger partial charge in [-0.15, -0.1) is 0 Å². The number of rotatable bonds is 21. The van der Waals surface area contributed by atoms with Crippen LogP contribution in [0.15, 0.2) is 145 Å². The van der Waals surface area contributed by atoms with Gasteiger partial charge in [-0.2, -0.15) is 5.26 Å². The predicted molar refractivity (Wildman–Crippen MR) is 260 cm³/mol. The van der Waals surface area contributed by atoms with Crippen molar-refractivity contribution in [2.45, 2.75) is 79.1 Å². The molecule has 0 saturated heterocycles. The van der Waals surface area contributed by atoms with E-state index in [1.165, 1.54) is 32.1 Å². The number of hydrogen-bond acceptors (Lipinski definition) is 9. The highest BCUT2D eigenvalue weighted by Crippen LogP contribution is 2.28. The van der Waals surface area contributed by atoms with Crippen molar-refractivity contribution in [2.24, 2.45) is 11.8 Å². The molecule has 0 aliphatic heterocycles. The Morgan fingerprint density at radius 1 is 0.631 bits per heavy atom. The molecule has 0 aliphatic rings. The van der Waals surface area contributed by atoms with E-state index >= 15 is 0 Å². The lowest BCUT2D eigenvalue weighted by molar-refractivity contribution is -0.140. The summed E-state index contributed by atoms with van der Waals surface area (Å²) in [5.41, 5.74) is 4.10. The average Bonchev–Trinajstić information content (AvgIpc) is 3.36. The number of ether oxygens (including phenoxy) is 4. The number of aromatic hydroxyl groups is 1. The molecule has 5 aromatic carbocycles. The van der Waals surface area contributed by atoms with Crippen molar-refractivity contribution in [1.29, 1.82) is 5.26 Å². The van der Waals surface area contributed by atoms with Gasteiger partial charge in [-0.3, -0.25) is 4.79 Å². The second-order valence-corrected chi connectivity index (χ2v) is 15.3. The smallest absolute Gasteiger partial charge is 0.349 e. The molecule has 5 rings (SSSR count). The molecule has 0 spiro atoms. The van der Waals surface area contributed by atoms with Gasteiger partial charge in [-0.05, 0) is 71.7 Å². The molecule has 9 heteroatoms. The summed E-state index contributed by atoms with van der Waals surface area (Å²) in [7, 11) is 3.14. The minimum absolute atomic E-state index is 0.0535.